The molecular weight excluding hydrogens is 202 g/mol. The fourth-order valence-electron chi connectivity index (χ4n) is 1.79. The van der Waals surface area contributed by atoms with Crippen molar-refractivity contribution in [2.24, 2.45) is 12.8 Å². The molecule has 4 heteroatoms. The Balaban J connectivity index is 2.24. The van der Waals surface area contributed by atoms with Gasteiger partial charge in [0.25, 0.3) is 0 Å². The molecule has 1 aromatic heterocycles. The minimum atomic E-state index is -0.223. The minimum absolute atomic E-state index is 0.00222. The van der Waals surface area contributed by atoms with Crippen LogP contribution in [0, 0.1) is 0 Å². The fraction of sp³-hybridized carbons (Fsp3) is 0.333. The van der Waals surface area contributed by atoms with E-state index in [2.05, 4.69) is 22.0 Å². The number of hydrogen-bond donors (Lipinski definition) is 3. The highest BCUT2D eigenvalue weighted by Gasteiger charge is 2.06. The first-order valence-corrected chi connectivity index (χ1v) is 5.36. The van der Waals surface area contributed by atoms with E-state index in [4.69, 9.17) is 10.8 Å². The van der Waals surface area contributed by atoms with E-state index in [0.29, 0.717) is 6.54 Å². The number of para-hydroxylation sites is 1. The number of anilines is 1. The predicted octanol–water partition coefficient (Wildman–Crippen LogP) is 0.910. The van der Waals surface area contributed by atoms with E-state index in [-0.39, 0.29) is 12.6 Å². The molecule has 1 heterocycles. The third-order valence-corrected chi connectivity index (χ3v) is 2.69. The SMILES string of the molecule is Cn1cc(NCC(N)CO)c2ccccc21. The number of nitrogens with zero attached hydrogens (tertiary/aromatic N) is 1. The van der Waals surface area contributed by atoms with Crippen molar-refractivity contribution in [3.05, 3.63) is 30.5 Å². The third-order valence-electron chi connectivity index (χ3n) is 2.69. The van der Waals surface area contributed by atoms with E-state index in [0.717, 1.165) is 5.69 Å². The maximum atomic E-state index is 8.86. The number of aliphatic hydroxyl groups excluding tert-OH is 1. The van der Waals surface area contributed by atoms with Gasteiger partial charge in [0.15, 0.2) is 0 Å². The predicted molar refractivity (Wildman–Crippen MR) is 66.5 cm³/mol. The van der Waals surface area contributed by atoms with Gasteiger partial charge >= 0.3 is 0 Å². The van der Waals surface area contributed by atoms with Crippen molar-refractivity contribution in [3.63, 3.8) is 0 Å². The van der Waals surface area contributed by atoms with Crippen molar-refractivity contribution in [3.8, 4) is 0 Å². The average molecular weight is 219 g/mol. The zero-order chi connectivity index (χ0) is 11.5. The smallest absolute Gasteiger partial charge is 0.0600 e. The molecule has 16 heavy (non-hydrogen) atoms. The van der Waals surface area contributed by atoms with Gasteiger partial charge in [0.1, 0.15) is 0 Å². The van der Waals surface area contributed by atoms with Gasteiger partial charge in [0.2, 0.25) is 0 Å². The molecular formula is C12H17N3O. The van der Waals surface area contributed by atoms with Crippen LogP contribution in [0.5, 0.6) is 0 Å². The molecule has 1 aromatic carbocycles. The van der Waals surface area contributed by atoms with Crippen LogP contribution in [0.4, 0.5) is 5.69 Å². The quantitative estimate of drug-likeness (QED) is 0.716. The number of fused-ring (bicyclic) bond motifs is 1. The van der Waals surface area contributed by atoms with Crippen LogP contribution in [0.1, 0.15) is 0 Å². The van der Waals surface area contributed by atoms with Gasteiger partial charge in [0, 0.05) is 36.7 Å². The molecule has 86 valence electrons. The Hall–Kier alpha value is -1.52. The summed E-state index contributed by atoms with van der Waals surface area (Å²) in [5, 5.41) is 13.3. The third kappa shape index (κ3) is 2.03. The number of hydrogen-bond acceptors (Lipinski definition) is 3. The second kappa shape index (κ2) is 4.55. The van der Waals surface area contributed by atoms with E-state index in [1.165, 1.54) is 10.9 Å². The molecule has 4 N–H and O–H groups in total. The van der Waals surface area contributed by atoms with Crippen LogP contribution >= 0.6 is 0 Å². The molecule has 0 fully saturated rings. The molecule has 0 radical (unpaired) electrons. The van der Waals surface area contributed by atoms with Crippen molar-refractivity contribution in [1.82, 2.24) is 4.57 Å². The minimum Gasteiger partial charge on any atom is -0.395 e. The normalized spacial score (nSPS) is 12.9. The highest BCUT2D eigenvalue weighted by atomic mass is 16.3. The van der Waals surface area contributed by atoms with Crippen LogP contribution < -0.4 is 11.1 Å². The van der Waals surface area contributed by atoms with Crippen molar-refractivity contribution < 1.29 is 5.11 Å². The molecule has 2 aromatic rings. The summed E-state index contributed by atoms with van der Waals surface area (Å²) in [5.41, 5.74) is 7.89. The van der Waals surface area contributed by atoms with Crippen LogP contribution in [0.15, 0.2) is 30.5 Å². The van der Waals surface area contributed by atoms with Crippen LogP contribution in [0.25, 0.3) is 10.9 Å². The summed E-state index contributed by atoms with van der Waals surface area (Å²) in [6.07, 6.45) is 2.04. The number of rotatable bonds is 4. The molecule has 1 atom stereocenters. The first kappa shape index (κ1) is 11.0. The molecule has 0 aliphatic carbocycles. The van der Waals surface area contributed by atoms with Crippen LogP contribution in [-0.2, 0) is 7.05 Å². The topological polar surface area (TPSA) is 63.2 Å². The van der Waals surface area contributed by atoms with Crippen molar-refractivity contribution in [2.45, 2.75) is 6.04 Å². The van der Waals surface area contributed by atoms with Crippen LogP contribution in [0.2, 0.25) is 0 Å². The maximum Gasteiger partial charge on any atom is 0.0600 e. The summed E-state index contributed by atoms with van der Waals surface area (Å²) in [7, 11) is 2.01. The lowest BCUT2D eigenvalue weighted by Gasteiger charge is -2.09. The van der Waals surface area contributed by atoms with Crippen molar-refractivity contribution in [2.75, 3.05) is 18.5 Å². The highest BCUT2D eigenvalue weighted by molar-refractivity contribution is 5.92. The molecule has 1 unspecified atom stereocenters. The standard InChI is InChI=1S/C12H17N3O/c1-15-7-11(14-6-9(13)8-16)10-4-2-3-5-12(10)15/h2-5,7,9,14,16H,6,8,13H2,1H3. The maximum absolute atomic E-state index is 8.86. The molecule has 0 aliphatic rings. The van der Waals surface area contributed by atoms with E-state index in [1.54, 1.807) is 0 Å². The Morgan fingerprint density at radius 3 is 2.94 bits per heavy atom. The van der Waals surface area contributed by atoms with E-state index < -0.39 is 0 Å². The van der Waals surface area contributed by atoms with E-state index >= 15 is 0 Å². The molecule has 4 nitrogen and oxygen atoms in total. The van der Waals surface area contributed by atoms with Crippen LogP contribution in [-0.4, -0.2) is 28.9 Å². The van der Waals surface area contributed by atoms with Crippen molar-refractivity contribution >= 4 is 16.6 Å². The molecule has 0 amide bonds. The van der Waals surface area contributed by atoms with Gasteiger partial charge in [-0.2, -0.15) is 0 Å². The molecule has 2 rings (SSSR count). The average Bonchev–Trinajstić information content (AvgIpc) is 2.64. The lowest BCUT2D eigenvalue weighted by atomic mass is 10.2. The number of aliphatic hydroxyl groups is 1. The lowest BCUT2D eigenvalue weighted by molar-refractivity contribution is 0.270. The van der Waals surface area contributed by atoms with E-state index in [9.17, 15) is 0 Å². The number of nitrogens with one attached hydrogen (secondary N) is 1. The van der Waals surface area contributed by atoms with Gasteiger partial charge in [0.05, 0.1) is 12.3 Å². The second-order valence-electron chi connectivity index (χ2n) is 3.99. The second-order valence-corrected chi connectivity index (χ2v) is 3.99. The lowest BCUT2D eigenvalue weighted by Crippen LogP contribution is -2.32. The fourth-order valence-corrected chi connectivity index (χ4v) is 1.79. The van der Waals surface area contributed by atoms with Crippen LogP contribution in [0.3, 0.4) is 0 Å². The molecule has 0 aliphatic heterocycles. The van der Waals surface area contributed by atoms with Gasteiger partial charge in [-0.3, -0.25) is 0 Å². The van der Waals surface area contributed by atoms with Gasteiger partial charge in [-0.25, -0.2) is 0 Å². The van der Waals surface area contributed by atoms with Gasteiger partial charge < -0.3 is 20.7 Å². The monoisotopic (exact) mass is 219 g/mol. The summed E-state index contributed by atoms with van der Waals surface area (Å²) in [5.74, 6) is 0. The molecule has 0 saturated heterocycles. The number of nitrogens with two attached hydrogens (primary N) is 1. The summed E-state index contributed by atoms with van der Waals surface area (Å²) in [4.78, 5) is 0. The van der Waals surface area contributed by atoms with E-state index in [1.807, 2.05) is 25.4 Å². The van der Waals surface area contributed by atoms with Gasteiger partial charge in [-0.05, 0) is 6.07 Å². The first-order chi connectivity index (χ1) is 7.72. The Morgan fingerprint density at radius 2 is 2.19 bits per heavy atom. The first-order valence-electron chi connectivity index (χ1n) is 5.36. The molecule has 0 spiro atoms. The van der Waals surface area contributed by atoms with Gasteiger partial charge in [-0.1, -0.05) is 18.2 Å². The summed E-state index contributed by atoms with van der Waals surface area (Å²) >= 11 is 0. The Morgan fingerprint density at radius 1 is 1.44 bits per heavy atom. The summed E-state index contributed by atoms with van der Waals surface area (Å²) in [6.45, 7) is 0.572. The Kier molecular flexibility index (Phi) is 3.12. The molecule has 0 saturated carbocycles. The van der Waals surface area contributed by atoms with Gasteiger partial charge in [-0.15, -0.1) is 0 Å². The number of aromatic nitrogens is 1. The summed E-state index contributed by atoms with van der Waals surface area (Å²) < 4.78 is 2.07. The zero-order valence-corrected chi connectivity index (χ0v) is 9.35. The molecule has 0 bridgehead atoms. The Bertz CT molecular complexity index is 478. The Labute approximate surface area is 94.7 Å². The largest absolute Gasteiger partial charge is 0.395 e. The number of aryl methyl sites for hydroxylation is 1. The van der Waals surface area contributed by atoms with Crippen molar-refractivity contribution in [1.29, 1.82) is 0 Å². The number of benzene rings is 1. The zero-order valence-electron chi connectivity index (χ0n) is 9.35. The highest BCUT2D eigenvalue weighted by Crippen LogP contribution is 2.24. The summed E-state index contributed by atoms with van der Waals surface area (Å²) in [6, 6.07) is 7.96.